The monoisotopic (exact) mass is 195 g/mol. The summed E-state index contributed by atoms with van der Waals surface area (Å²) in [6, 6.07) is 2.87. The number of aromatic nitrogens is 2. The van der Waals surface area contributed by atoms with Gasteiger partial charge in [0.05, 0.1) is 11.9 Å². The molecule has 2 rings (SSSR count). The normalized spacial score (nSPS) is 13.4. The Balaban J connectivity index is 2.63. The number of aliphatic hydroxyl groups is 1. The molecule has 0 spiro atoms. The van der Waals surface area contributed by atoms with Crippen LogP contribution in [0.5, 0.6) is 0 Å². The zero-order chi connectivity index (χ0) is 10.1. The van der Waals surface area contributed by atoms with Crippen LogP contribution in [0.25, 0.3) is 5.65 Å². The van der Waals surface area contributed by atoms with Crippen molar-refractivity contribution in [3.63, 3.8) is 0 Å². The van der Waals surface area contributed by atoms with Crippen LogP contribution >= 0.6 is 0 Å². The van der Waals surface area contributed by atoms with Crippen LogP contribution in [0.3, 0.4) is 0 Å². The van der Waals surface area contributed by atoms with Crippen LogP contribution < -0.4 is 5.73 Å². The first-order valence-electron chi connectivity index (χ1n) is 4.23. The molecule has 0 aromatic carbocycles. The van der Waals surface area contributed by atoms with Gasteiger partial charge in [-0.1, -0.05) is 0 Å². The highest BCUT2D eigenvalue weighted by Gasteiger charge is 2.12. The highest BCUT2D eigenvalue weighted by Crippen LogP contribution is 2.15. The van der Waals surface area contributed by atoms with Gasteiger partial charge in [0, 0.05) is 12.7 Å². The molecule has 2 heterocycles. The summed E-state index contributed by atoms with van der Waals surface area (Å²) in [6.07, 6.45) is 2.25. The third-order valence-electron chi connectivity index (χ3n) is 2.08. The summed E-state index contributed by atoms with van der Waals surface area (Å²) < 4.78 is 14.7. The first-order chi connectivity index (χ1) is 6.74. The fraction of sp³-hybridized carbons (Fsp3) is 0.222. The maximum Gasteiger partial charge on any atom is 0.173 e. The summed E-state index contributed by atoms with van der Waals surface area (Å²) in [4.78, 5) is 3.86. The van der Waals surface area contributed by atoms with Crippen LogP contribution in [-0.2, 0) is 0 Å². The fourth-order valence-corrected chi connectivity index (χ4v) is 1.36. The maximum atomic E-state index is 13.2. The number of aliphatic hydroxyl groups excluding tert-OH is 1. The van der Waals surface area contributed by atoms with Gasteiger partial charge in [0.1, 0.15) is 6.10 Å². The van der Waals surface area contributed by atoms with Gasteiger partial charge in [-0.3, -0.25) is 4.40 Å². The molecular weight excluding hydrogens is 185 g/mol. The molecule has 0 amide bonds. The number of halogens is 1. The van der Waals surface area contributed by atoms with Crippen LogP contribution in [0, 0.1) is 5.82 Å². The van der Waals surface area contributed by atoms with E-state index in [1.54, 1.807) is 12.3 Å². The number of imidazole rings is 1. The molecule has 2 aromatic rings. The Morgan fingerprint density at radius 1 is 1.64 bits per heavy atom. The second-order valence-corrected chi connectivity index (χ2v) is 2.98. The van der Waals surface area contributed by atoms with E-state index in [2.05, 4.69) is 4.98 Å². The van der Waals surface area contributed by atoms with E-state index in [1.165, 1.54) is 16.7 Å². The third-order valence-corrected chi connectivity index (χ3v) is 2.08. The van der Waals surface area contributed by atoms with Crippen LogP contribution in [0.15, 0.2) is 24.5 Å². The number of rotatable bonds is 2. The smallest absolute Gasteiger partial charge is 0.173 e. The van der Waals surface area contributed by atoms with Crippen LogP contribution in [0.4, 0.5) is 4.39 Å². The van der Waals surface area contributed by atoms with Gasteiger partial charge in [-0.2, -0.15) is 0 Å². The van der Waals surface area contributed by atoms with Crippen molar-refractivity contribution in [3.8, 4) is 0 Å². The van der Waals surface area contributed by atoms with E-state index in [-0.39, 0.29) is 12.2 Å². The third kappa shape index (κ3) is 1.26. The van der Waals surface area contributed by atoms with Crippen molar-refractivity contribution >= 4 is 5.65 Å². The van der Waals surface area contributed by atoms with Gasteiger partial charge < -0.3 is 10.8 Å². The lowest BCUT2D eigenvalue weighted by Crippen LogP contribution is -2.13. The summed E-state index contributed by atoms with van der Waals surface area (Å²) in [5, 5.41) is 9.50. The lowest BCUT2D eigenvalue weighted by atomic mass is 10.3. The minimum Gasteiger partial charge on any atom is -0.385 e. The van der Waals surface area contributed by atoms with Gasteiger partial charge in [-0.05, 0) is 12.1 Å². The Hall–Kier alpha value is -1.46. The van der Waals surface area contributed by atoms with Crippen molar-refractivity contribution in [1.82, 2.24) is 9.38 Å². The van der Waals surface area contributed by atoms with Crippen LogP contribution in [0.2, 0.25) is 0 Å². The van der Waals surface area contributed by atoms with Crippen molar-refractivity contribution in [3.05, 3.63) is 36.0 Å². The zero-order valence-corrected chi connectivity index (χ0v) is 7.39. The molecule has 14 heavy (non-hydrogen) atoms. The second-order valence-electron chi connectivity index (χ2n) is 2.98. The number of pyridine rings is 1. The van der Waals surface area contributed by atoms with Crippen molar-refractivity contribution in [2.75, 3.05) is 6.54 Å². The van der Waals surface area contributed by atoms with Crippen LogP contribution in [0.1, 0.15) is 11.8 Å². The quantitative estimate of drug-likeness (QED) is 0.732. The largest absolute Gasteiger partial charge is 0.385 e. The predicted octanol–water partition coefficient (Wildman–Crippen LogP) is 0.465. The van der Waals surface area contributed by atoms with Crippen molar-refractivity contribution in [2.45, 2.75) is 6.10 Å². The summed E-state index contributed by atoms with van der Waals surface area (Å²) >= 11 is 0. The van der Waals surface area contributed by atoms with Crippen molar-refractivity contribution in [2.24, 2.45) is 5.73 Å². The minimum absolute atomic E-state index is 0.0876. The first kappa shape index (κ1) is 9.11. The van der Waals surface area contributed by atoms with Gasteiger partial charge in [0.2, 0.25) is 0 Å². The Morgan fingerprint density at radius 3 is 3.14 bits per heavy atom. The molecule has 1 unspecified atom stereocenters. The van der Waals surface area contributed by atoms with E-state index in [0.717, 1.165) is 0 Å². The van der Waals surface area contributed by atoms with E-state index < -0.39 is 11.9 Å². The van der Waals surface area contributed by atoms with Gasteiger partial charge in [-0.25, -0.2) is 9.37 Å². The lowest BCUT2D eigenvalue weighted by molar-refractivity contribution is 0.181. The Bertz CT molecular complexity index is 454. The second kappa shape index (κ2) is 3.36. The number of hydrogen-bond donors (Lipinski definition) is 2. The highest BCUT2D eigenvalue weighted by atomic mass is 19.1. The molecule has 74 valence electrons. The number of nitrogens with zero attached hydrogens (tertiary/aromatic N) is 2. The van der Waals surface area contributed by atoms with E-state index >= 15 is 0 Å². The molecule has 0 aliphatic rings. The predicted molar refractivity (Wildman–Crippen MR) is 49.2 cm³/mol. The molecule has 0 fully saturated rings. The Morgan fingerprint density at radius 2 is 2.43 bits per heavy atom. The number of fused-ring (bicyclic) bond motifs is 1. The molecule has 0 saturated carbocycles. The van der Waals surface area contributed by atoms with Gasteiger partial charge in [0.15, 0.2) is 11.5 Å². The average molecular weight is 195 g/mol. The standard InChI is InChI=1S/C9H10FN3O/c10-6-2-1-3-13-7(8(14)4-11)5-12-9(6)13/h1-3,5,8,14H,4,11H2. The van der Waals surface area contributed by atoms with Crippen LogP contribution in [-0.4, -0.2) is 21.0 Å². The topological polar surface area (TPSA) is 63.5 Å². The molecule has 0 saturated heterocycles. The van der Waals surface area contributed by atoms with Crippen molar-refractivity contribution in [1.29, 1.82) is 0 Å². The maximum absolute atomic E-state index is 13.2. The molecule has 4 nitrogen and oxygen atoms in total. The molecule has 2 aromatic heterocycles. The first-order valence-corrected chi connectivity index (χ1v) is 4.23. The molecule has 1 atom stereocenters. The Labute approximate surface area is 79.8 Å². The Kier molecular flexibility index (Phi) is 2.18. The van der Waals surface area contributed by atoms with Crippen molar-refractivity contribution < 1.29 is 9.50 Å². The van der Waals surface area contributed by atoms with E-state index in [4.69, 9.17) is 5.73 Å². The number of nitrogens with two attached hydrogens (primary N) is 1. The van der Waals surface area contributed by atoms with Gasteiger partial charge >= 0.3 is 0 Å². The van der Waals surface area contributed by atoms with E-state index in [0.29, 0.717) is 5.69 Å². The van der Waals surface area contributed by atoms with Gasteiger partial charge in [-0.15, -0.1) is 0 Å². The zero-order valence-electron chi connectivity index (χ0n) is 7.39. The van der Waals surface area contributed by atoms with Gasteiger partial charge in [0.25, 0.3) is 0 Å². The molecule has 0 aliphatic carbocycles. The average Bonchev–Trinajstić information content (AvgIpc) is 2.62. The molecule has 0 bridgehead atoms. The minimum atomic E-state index is -0.813. The highest BCUT2D eigenvalue weighted by molar-refractivity contribution is 5.42. The van der Waals surface area contributed by atoms with E-state index in [1.807, 2.05) is 0 Å². The number of hydrogen-bond acceptors (Lipinski definition) is 3. The molecule has 5 heteroatoms. The summed E-state index contributed by atoms with van der Waals surface area (Å²) in [5.41, 5.74) is 6.01. The SMILES string of the molecule is NCC(O)c1cnc2c(F)cccn12. The summed E-state index contributed by atoms with van der Waals surface area (Å²) in [6.45, 7) is 0.0876. The lowest BCUT2D eigenvalue weighted by Gasteiger charge is -2.06. The summed E-state index contributed by atoms with van der Waals surface area (Å²) in [5.74, 6) is -0.414. The summed E-state index contributed by atoms with van der Waals surface area (Å²) in [7, 11) is 0. The van der Waals surface area contributed by atoms with E-state index in [9.17, 15) is 9.50 Å². The molecule has 0 radical (unpaired) electrons. The fourth-order valence-electron chi connectivity index (χ4n) is 1.36. The molecule has 3 N–H and O–H groups in total. The molecular formula is C9H10FN3O. The molecule has 0 aliphatic heterocycles.